The summed E-state index contributed by atoms with van der Waals surface area (Å²) in [5.74, 6) is -2.74. The van der Waals surface area contributed by atoms with Crippen molar-refractivity contribution in [3.05, 3.63) is 23.8 Å². The number of benzene rings is 1. The lowest BCUT2D eigenvalue weighted by Crippen LogP contribution is -2.34. The van der Waals surface area contributed by atoms with Gasteiger partial charge in [0.05, 0.1) is 19.4 Å². The number of likely N-dealkylation sites (tertiary alicyclic amines) is 1. The number of phenolic OH excluding ortho intramolecular Hbond substituents is 1. The summed E-state index contributed by atoms with van der Waals surface area (Å²) in [6.07, 6.45) is 0.0511. The largest absolute Gasteiger partial charge is 0.504 e. The second-order valence-corrected chi connectivity index (χ2v) is 4.77. The van der Waals surface area contributed by atoms with Gasteiger partial charge in [0.15, 0.2) is 11.5 Å². The highest BCUT2D eigenvalue weighted by atomic mass is 16.5. The standard InChI is InChI=1S/C14H15NO6/c1-21-11-3-2-8(6-10(11)16)13(19)15-5-4-9(14(15)20)7-12(17)18/h2-3,6,9,16H,4-5,7H2,1H3,(H,17,18)/t9-/m1/s1. The summed E-state index contributed by atoms with van der Waals surface area (Å²) in [6, 6.07) is 4.09. The maximum atomic E-state index is 12.2. The minimum atomic E-state index is -1.07. The van der Waals surface area contributed by atoms with Gasteiger partial charge in [-0.2, -0.15) is 0 Å². The van der Waals surface area contributed by atoms with Crippen LogP contribution in [-0.4, -0.2) is 46.6 Å². The molecule has 0 aliphatic carbocycles. The fourth-order valence-corrected chi connectivity index (χ4v) is 2.32. The van der Waals surface area contributed by atoms with Crippen LogP contribution in [0, 0.1) is 5.92 Å². The van der Waals surface area contributed by atoms with E-state index in [1.165, 1.54) is 25.3 Å². The zero-order valence-corrected chi connectivity index (χ0v) is 11.4. The van der Waals surface area contributed by atoms with Gasteiger partial charge < -0.3 is 14.9 Å². The van der Waals surface area contributed by atoms with Crippen molar-refractivity contribution >= 4 is 17.8 Å². The maximum absolute atomic E-state index is 12.2. The van der Waals surface area contributed by atoms with Crippen LogP contribution in [0.1, 0.15) is 23.2 Å². The van der Waals surface area contributed by atoms with Crippen LogP contribution >= 0.6 is 0 Å². The summed E-state index contributed by atoms with van der Waals surface area (Å²) in [5.41, 5.74) is 0.151. The minimum Gasteiger partial charge on any atom is -0.504 e. The van der Waals surface area contributed by atoms with Crippen LogP contribution in [0.5, 0.6) is 11.5 Å². The molecule has 2 N–H and O–H groups in total. The first-order valence-corrected chi connectivity index (χ1v) is 6.38. The number of carboxylic acids is 1. The van der Waals surface area contributed by atoms with Gasteiger partial charge in [0, 0.05) is 12.1 Å². The molecular weight excluding hydrogens is 278 g/mol. The Morgan fingerprint density at radius 3 is 2.71 bits per heavy atom. The van der Waals surface area contributed by atoms with E-state index in [0.717, 1.165) is 4.90 Å². The quantitative estimate of drug-likeness (QED) is 0.798. The van der Waals surface area contributed by atoms with Gasteiger partial charge in [0.2, 0.25) is 5.91 Å². The highest BCUT2D eigenvalue weighted by molar-refractivity contribution is 6.07. The molecule has 1 aromatic rings. The molecule has 7 heteroatoms. The fraction of sp³-hybridized carbons (Fsp3) is 0.357. The van der Waals surface area contributed by atoms with Crippen molar-refractivity contribution in [3.8, 4) is 11.5 Å². The van der Waals surface area contributed by atoms with Gasteiger partial charge in [0.1, 0.15) is 0 Å². The van der Waals surface area contributed by atoms with Crippen molar-refractivity contribution in [2.24, 2.45) is 5.92 Å². The normalized spacial score (nSPS) is 17.9. The second-order valence-electron chi connectivity index (χ2n) is 4.77. The molecule has 21 heavy (non-hydrogen) atoms. The van der Waals surface area contributed by atoms with Gasteiger partial charge in [-0.1, -0.05) is 0 Å². The van der Waals surface area contributed by atoms with Gasteiger partial charge >= 0.3 is 5.97 Å². The Balaban J connectivity index is 2.16. The number of carbonyl (C=O) groups excluding carboxylic acids is 2. The third-order valence-electron chi connectivity index (χ3n) is 3.41. The molecule has 1 aliphatic rings. The molecule has 0 unspecified atom stereocenters. The molecule has 1 aliphatic heterocycles. The summed E-state index contributed by atoms with van der Waals surface area (Å²) in [6.45, 7) is 0.183. The van der Waals surface area contributed by atoms with E-state index in [4.69, 9.17) is 9.84 Å². The first-order chi connectivity index (χ1) is 9.93. The number of hydrogen-bond donors (Lipinski definition) is 2. The van der Waals surface area contributed by atoms with Crippen molar-refractivity contribution in [1.82, 2.24) is 4.90 Å². The van der Waals surface area contributed by atoms with Gasteiger partial charge in [0.25, 0.3) is 5.91 Å². The van der Waals surface area contributed by atoms with Crippen LogP contribution in [0.3, 0.4) is 0 Å². The lowest BCUT2D eigenvalue weighted by Gasteiger charge is -2.15. The number of amides is 2. The number of aliphatic carboxylic acids is 1. The monoisotopic (exact) mass is 293 g/mol. The number of hydrogen-bond acceptors (Lipinski definition) is 5. The minimum absolute atomic E-state index is 0.151. The summed E-state index contributed by atoms with van der Waals surface area (Å²) >= 11 is 0. The Labute approximate surface area is 120 Å². The Morgan fingerprint density at radius 2 is 2.14 bits per heavy atom. The van der Waals surface area contributed by atoms with Gasteiger partial charge in [-0.3, -0.25) is 19.3 Å². The van der Waals surface area contributed by atoms with Crippen molar-refractivity contribution in [2.75, 3.05) is 13.7 Å². The Kier molecular flexibility index (Phi) is 4.11. The molecule has 0 radical (unpaired) electrons. The smallest absolute Gasteiger partial charge is 0.304 e. The fourth-order valence-electron chi connectivity index (χ4n) is 2.32. The highest BCUT2D eigenvalue weighted by Gasteiger charge is 2.37. The molecule has 1 aromatic carbocycles. The molecule has 2 amide bonds. The zero-order valence-electron chi connectivity index (χ0n) is 11.4. The zero-order chi connectivity index (χ0) is 15.6. The van der Waals surface area contributed by atoms with Crippen molar-refractivity contribution in [2.45, 2.75) is 12.8 Å². The molecular formula is C14H15NO6. The van der Waals surface area contributed by atoms with E-state index in [1.54, 1.807) is 0 Å². The number of carbonyl (C=O) groups is 3. The van der Waals surface area contributed by atoms with E-state index in [2.05, 4.69) is 0 Å². The van der Waals surface area contributed by atoms with Crippen LogP contribution in [0.25, 0.3) is 0 Å². The molecule has 0 saturated carbocycles. The third-order valence-corrected chi connectivity index (χ3v) is 3.41. The first-order valence-electron chi connectivity index (χ1n) is 6.38. The van der Waals surface area contributed by atoms with E-state index >= 15 is 0 Å². The summed E-state index contributed by atoms with van der Waals surface area (Å²) < 4.78 is 4.88. The molecule has 0 aromatic heterocycles. The summed E-state index contributed by atoms with van der Waals surface area (Å²) in [7, 11) is 1.39. The number of phenols is 1. The van der Waals surface area contributed by atoms with Crippen molar-refractivity contribution < 1.29 is 29.3 Å². The first kappa shape index (κ1) is 14.8. The summed E-state index contributed by atoms with van der Waals surface area (Å²) in [4.78, 5) is 35.9. The maximum Gasteiger partial charge on any atom is 0.304 e. The van der Waals surface area contributed by atoms with E-state index in [9.17, 15) is 19.5 Å². The van der Waals surface area contributed by atoms with Crippen LogP contribution in [0.4, 0.5) is 0 Å². The number of methoxy groups -OCH3 is 1. The average Bonchev–Trinajstić information content (AvgIpc) is 2.78. The molecule has 0 bridgehead atoms. The number of carboxylic acid groups (broad SMARTS) is 1. The molecule has 1 fully saturated rings. The third kappa shape index (κ3) is 2.96. The van der Waals surface area contributed by atoms with Crippen molar-refractivity contribution in [1.29, 1.82) is 0 Å². The van der Waals surface area contributed by atoms with E-state index in [0.29, 0.717) is 6.42 Å². The van der Waals surface area contributed by atoms with Gasteiger partial charge in [-0.15, -0.1) is 0 Å². The average molecular weight is 293 g/mol. The molecule has 1 atom stereocenters. The van der Waals surface area contributed by atoms with E-state index in [1.807, 2.05) is 0 Å². The number of nitrogens with zero attached hydrogens (tertiary/aromatic N) is 1. The Hall–Kier alpha value is -2.57. The van der Waals surface area contributed by atoms with E-state index in [-0.39, 0.29) is 30.0 Å². The molecule has 0 spiro atoms. The topological polar surface area (TPSA) is 104 Å². The Morgan fingerprint density at radius 1 is 1.43 bits per heavy atom. The Bertz CT molecular complexity index is 597. The SMILES string of the molecule is COc1ccc(C(=O)N2CC[C@H](CC(=O)O)C2=O)cc1O. The predicted molar refractivity (Wildman–Crippen MR) is 71.1 cm³/mol. The van der Waals surface area contributed by atoms with Gasteiger partial charge in [-0.25, -0.2) is 0 Å². The predicted octanol–water partition coefficient (Wildman–Crippen LogP) is 0.864. The highest BCUT2D eigenvalue weighted by Crippen LogP contribution is 2.28. The van der Waals surface area contributed by atoms with Crippen LogP contribution in [0.15, 0.2) is 18.2 Å². The summed E-state index contributed by atoms with van der Waals surface area (Å²) in [5, 5.41) is 18.4. The lowest BCUT2D eigenvalue weighted by molar-refractivity contribution is -0.141. The van der Waals surface area contributed by atoms with Gasteiger partial charge in [-0.05, 0) is 24.6 Å². The van der Waals surface area contributed by atoms with E-state index < -0.39 is 23.7 Å². The molecule has 1 saturated heterocycles. The molecule has 2 rings (SSSR count). The molecule has 7 nitrogen and oxygen atoms in total. The number of aromatic hydroxyl groups is 1. The number of ether oxygens (including phenoxy) is 1. The van der Waals surface area contributed by atoms with Crippen molar-refractivity contribution in [3.63, 3.8) is 0 Å². The molecule has 112 valence electrons. The lowest BCUT2D eigenvalue weighted by atomic mass is 10.0. The number of imide groups is 1. The van der Waals surface area contributed by atoms with Crippen LogP contribution in [-0.2, 0) is 9.59 Å². The van der Waals surface area contributed by atoms with Crippen LogP contribution < -0.4 is 4.74 Å². The molecule has 1 heterocycles. The number of rotatable bonds is 4. The second kappa shape index (κ2) is 5.82. The van der Waals surface area contributed by atoms with Crippen LogP contribution in [0.2, 0.25) is 0 Å².